The van der Waals surface area contributed by atoms with E-state index in [-0.39, 0.29) is 5.56 Å². The molecule has 1 heterocycles. The average Bonchev–Trinajstić information content (AvgIpc) is 2.37. The van der Waals surface area contributed by atoms with Gasteiger partial charge in [-0.05, 0) is 37.0 Å². The van der Waals surface area contributed by atoms with E-state index in [2.05, 4.69) is 22.5 Å². The lowest BCUT2D eigenvalue weighted by Crippen LogP contribution is -2.23. The van der Waals surface area contributed by atoms with E-state index in [0.29, 0.717) is 5.92 Å². The van der Waals surface area contributed by atoms with Gasteiger partial charge in [-0.3, -0.25) is 4.79 Å². The van der Waals surface area contributed by atoms with Crippen molar-refractivity contribution in [2.45, 2.75) is 6.92 Å². The number of anilines is 1. The Kier molecular flexibility index (Phi) is 3.99. The van der Waals surface area contributed by atoms with Gasteiger partial charge >= 0.3 is 0 Å². The summed E-state index contributed by atoms with van der Waals surface area (Å²) in [5.74, 6) is 1.28. The van der Waals surface area contributed by atoms with E-state index in [0.717, 1.165) is 29.7 Å². The number of benzene rings is 1. The molecule has 4 heteroatoms. The summed E-state index contributed by atoms with van der Waals surface area (Å²) in [6.07, 6.45) is 0. The van der Waals surface area contributed by atoms with E-state index >= 15 is 0 Å². The SMILES string of the molecule is CNCC(C)CNc1cc2ccccc2c(=O)[nH]1. The van der Waals surface area contributed by atoms with Crippen molar-refractivity contribution in [3.63, 3.8) is 0 Å². The van der Waals surface area contributed by atoms with Crippen molar-refractivity contribution in [1.29, 1.82) is 0 Å². The van der Waals surface area contributed by atoms with Crippen LogP contribution in [-0.4, -0.2) is 25.1 Å². The summed E-state index contributed by atoms with van der Waals surface area (Å²) in [4.78, 5) is 14.7. The monoisotopic (exact) mass is 245 g/mol. The zero-order chi connectivity index (χ0) is 13.0. The molecule has 0 aliphatic rings. The molecule has 18 heavy (non-hydrogen) atoms. The highest BCUT2D eigenvalue weighted by molar-refractivity contribution is 5.83. The van der Waals surface area contributed by atoms with Crippen LogP contribution in [-0.2, 0) is 0 Å². The van der Waals surface area contributed by atoms with Gasteiger partial charge in [0, 0.05) is 11.9 Å². The van der Waals surface area contributed by atoms with Crippen LogP contribution in [0.5, 0.6) is 0 Å². The minimum atomic E-state index is -0.0446. The third kappa shape index (κ3) is 2.90. The number of rotatable bonds is 5. The molecule has 0 aliphatic heterocycles. The number of hydrogen-bond acceptors (Lipinski definition) is 3. The smallest absolute Gasteiger partial charge is 0.257 e. The second kappa shape index (κ2) is 5.69. The molecule has 0 bridgehead atoms. The fourth-order valence-electron chi connectivity index (χ4n) is 2.01. The number of aromatic amines is 1. The molecule has 1 aromatic carbocycles. The molecule has 2 rings (SSSR count). The summed E-state index contributed by atoms with van der Waals surface area (Å²) in [5, 5.41) is 8.09. The largest absolute Gasteiger partial charge is 0.371 e. The Labute approximate surface area is 106 Å². The van der Waals surface area contributed by atoms with Crippen molar-refractivity contribution >= 4 is 16.6 Å². The molecule has 1 unspecified atom stereocenters. The van der Waals surface area contributed by atoms with E-state index in [1.54, 1.807) is 0 Å². The number of nitrogens with one attached hydrogen (secondary N) is 3. The van der Waals surface area contributed by atoms with Gasteiger partial charge in [0.05, 0.1) is 0 Å². The second-order valence-electron chi connectivity index (χ2n) is 4.64. The van der Waals surface area contributed by atoms with Gasteiger partial charge in [-0.15, -0.1) is 0 Å². The highest BCUT2D eigenvalue weighted by Gasteiger charge is 2.03. The summed E-state index contributed by atoms with van der Waals surface area (Å²) >= 11 is 0. The van der Waals surface area contributed by atoms with Crippen LogP contribution in [0, 0.1) is 5.92 Å². The fourth-order valence-corrected chi connectivity index (χ4v) is 2.01. The molecule has 3 N–H and O–H groups in total. The molecular formula is C14H19N3O. The van der Waals surface area contributed by atoms with Gasteiger partial charge in [0.2, 0.25) is 0 Å². The Morgan fingerprint density at radius 3 is 2.83 bits per heavy atom. The molecule has 4 nitrogen and oxygen atoms in total. The van der Waals surface area contributed by atoms with Crippen molar-refractivity contribution in [3.8, 4) is 0 Å². The maximum atomic E-state index is 11.9. The van der Waals surface area contributed by atoms with E-state index in [4.69, 9.17) is 0 Å². The number of fused-ring (bicyclic) bond motifs is 1. The van der Waals surface area contributed by atoms with Crippen LogP contribution < -0.4 is 16.2 Å². The normalized spacial score (nSPS) is 12.6. The lowest BCUT2D eigenvalue weighted by atomic mass is 10.1. The van der Waals surface area contributed by atoms with Crippen molar-refractivity contribution in [2.75, 3.05) is 25.5 Å². The van der Waals surface area contributed by atoms with Gasteiger partial charge in [-0.2, -0.15) is 0 Å². The number of H-pyrrole nitrogens is 1. The van der Waals surface area contributed by atoms with Crippen molar-refractivity contribution < 1.29 is 0 Å². The second-order valence-corrected chi connectivity index (χ2v) is 4.64. The molecule has 0 saturated heterocycles. The van der Waals surface area contributed by atoms with E-state index < -0.39 is 0 Å². The Bertz CT molecular complexity index is 577. The van der Waals surface area contributed by atoms with E-state index in [1.165, 1.54) is 0 Å². The Morgan fingerprint density at radius 1 is 1.28 bits per heavy atom. The summed E-state index contributed by atoms with van der Waals surface area (Å²) in [6, 6.07) is 9.58. The minimum Gasteiger partial charge on any atom is -0.371 e. The molecule has 0 fully saturated rings. The van der Waals surface area contributed by atoms with Gasteiger partial charge in [-0.25, -0.2) is 0 Å². The molecule has 0 saturated carbocycles. The average molecular weight is 245 g/mol. The van der Waals surface area contributed by atoms with Gasteiger partial charge in [0.15, 0.2) is 0 Å². The molecule has 2 aromatic rings. The Hall–Kier alpha value is -1.81. The molecular weight excluding hydrogens is 226 g/mol. The van der Waals surface area contributed by atoms with Crippen LogP contribution in [0.15, 0.2) is 35.1 Å². The first-order valence-corrected chi connectivity index (χ1v) is 6.21. The van der Waals surface area contributed by atoms with Crippen molar-refractivity contribution in [2.24, 2.45) is 5.92 Å². The standard InChI is InChI=1S/C14H19N3O/c1-10(8-15-2)9-16-13-7-11-5-3-4-6-12(11)14(18)17-13/h3-7,10,15H,8-9H2,1-2H3,(H2,16,17,18). The van der Waals surface area contributed by atoms with E-state index in [1.807, 2.05) is 37.4 Å². The van der Waals surface area contributed by atoms with Crippen LogP contribution in [0.1, 0.15) is 6.92 Å². The predicted octanol–water partition coefficient (Wildman–Crippen LogP) is 1.80. The van der Waals surface area contributed by atoms with Gasteiger partial charge in [0.25, 0.3) is 5.56 Å². The first kappa shape index (κ1) is 12.6. The number of pyridine rings is 1. The quantitative estimate of drug-likeness (QED) is 0.753. The highest BCUT2D eigenvalue weighted by atomic mass is 16.1. The molecule has 0 aliphatic carbocycles. The Morgan fingerprint density at radius 2 is 2.06 bits per heavy atom. The van der Waals surface area contributed by atoms with Crippen LogP contribution >= 0.6 is 0 Å². The predicted molar refractivity (Wildman–Crippen MR) is 76.1 cm³/mol. The first-order valence-electron chi connectivity index (χ1n) is 6.21. The first-order chi connectivity index (χ1) is 8.70. The lowest BCUT2D eigenvalue weighted by molar-refractivity contribution is 0.569. The maximum Gasteiger partial charge on any atom is 0.257 e. The molecule has 0 spiro atoms. The summed E-state index contributed by atoms with van der Waals surface area (Å²) in [5.41, 5.74) is -0.0446. The molecule has 96 valence electrons. The van der Waals surface area contributed by atoms with Crippen LogP contribution in [0.25, 0.3) is 10.8 Å². The molecule has 1 aromatic heterocycles. The fraction of sp³-hybridized carbons (Fsp3) is 0.357. The summed E-state index contributed by atoms with van der Waals surface area (Å²) < 4.78 is 0. The van der Waals surface area contributed by atoms with Crippen LogP contribution in [0.3, 0.4) is 0 Å². The molecule has 0 amide bonds. The van der Waals surface area contributed by atoms with Crippen LogP contribution in [0.2, 0.25) is 0 Å². The zero-order valence-corrected chi connectivity index (χ0v) is 10.8. The number of hydrogen-bond donors (Lipinski definition) is 3. The van der Waals surface area contributed by atoms with Gasteiger partial charge in [0.1, 0.15) is 5.82 Å². The number of aromatic nitrogens is 1. The third-order valence-corrected chi connectivity index (χ3v) is 2.95. The highest BCUT2D eigenvalue weighted by Crippen LogP contribution is 2.12. The van der Waals surface area contributed by atoms with Gasteiger partial charge < -0.3 is 15.6 Å². The summed E-state index contributed by atoms with van der Waals surface area (Å²) in [6.45, 7) is 3.93. The lowest BCUT2D eigenvalue weighted by Gasteiger charge is -2.13. The van der Waals surface area contributed by atoms with Gasteiger partial charge in [-0.1, -0.05) is 25.1 Å². The molecule has 1 atom stereocenters. The van der Waals surface area contributed by atoms with Crippen LogP contribution in [0.4, 0.5) is 5.82 Å². The summed E-state index contributed by atoms with van der Waals surface area (Å²) in [7, 11) is 1.94. The topological polar surface area (TPSA) is 56.9 Å². The van der Waals surface area contributed by atoms with Crippen molar-refractivity contribution in [1.82, 2.24) is 10.3 Å². The van der Waals surface area contributed by atoms with E-state index in [9.17, 15) is 4.79 Å². The maximum absolute atomic E-state index is 11.9. The van der Waals surface area contributed by atoms with Crippen molar-refractivity contribution in [3.05, 3.63) is 40.7 Å². The third-order valence-electron chi connectivity index (χ3n) is 2.95. The Balaban J connectivity index is 2.17. The zero-order valence-electron chi connectivity index (χ0n) is 10.8. The minimum absolute atomic E-state index is 0.0446. The molecule has 0 radical (unpaired) electrons.